The summed E-state index contributed by atoms with van der Waals surface area (Å²) >= 11 is 0. The minimum Gasteiger partial charge on any atom is -0.497 e. The molecule has 1 spiro atoms. The van der Waals surface area contributed by atoms with Gasteiger partial charge in [-0.15, -0.1) is 0 Å². The Kier molecular flexibility index (Phi) is 5.53. The van der Waals surface area contributed by atoms with Crippen LogP contribution < -0.4 is 4.74 Å². The maximum Gasteiger partial charge on any atom is 0.330 e. The highest BCUT2D eigenvalue weighted by molar-refractivity contribution is 5.87. The molecule has 3 nitrogen and oxygen atoms in total. The van der Waals surface area contributed by atoms with Crippen molar-refractivity contribution in [1.29, 1.82) is 0 Å². The molecule has 1 aromatic rings. The summed E-state index contributed by atoms with van der Waals surface area (Å²) in [7, 11) is 1.65. The van der Waals surface area contributed by atoms with Gasteiger partial charge in [0.1, 0.15) is 5.75 Å². The number of benzene rings is 1. The van der Waals surface area contributed by atoms with Crippen molar-refractivity contribution in [3.8, 4) is 5.75 Å². The predicted molar refractivity (Wildman–Crippen MR) is 133 cm³/mol. The zero-order valence-corrected chi connectivity index (χ0v) is 20.9. The number of esters is 1. The van der Waals surface area contributed by atoms with Crippen molar-refractivity contribution in [2.45, 2.75) is 72.1 Å². The Morgan fingerprint density at radius 3 is 2.70 bits per heavy atom. The van der Waals surface area contributed by atoms with Crippen molar-refractivity contribution in [1.82, 2.24) is 0 Å². The fraction of sp³-hybridized carbons (Fsp3) is 0.633. The van der Waals surface area contributed by atoms with E-state index in [-0.39, 0.29) is 11.4 Å². The average Bonchev–Trinajstić information content (AvgIpc) is 3.05. The smallest absolute Gasteiger partial charge is 0.330 e. The SMILES string of the molecule is COc1cccc(/C=C/C(=O)OC[C@@]2(C)CCC[C@]3(C)[C@@H]2CC[C@@]24C=C[C@@](C)(CC[C@H]23)C4)c1. The maximum atomic E-state index is 12.6. The molecule has 178 valence electrons. The second-order valence-corrected chi connectivity index (χ2v) is 12.3. The molecule has 0 unspecified atom stereocenters. The molecule has 4 aliphatic rings. The molecule has 1 aromatic carbocycles. The van der Waals surface area contributed by atoms with Crippen molar-refractivity contribution in [3.63, 3.8) is 0 Å². The molecule has 0 heterocycles. The van der Waals surface area contributed by atoms with Gasteiger partial charge in [-0.1, -0.05) is 51.5 Å². The second-order valence-electron chi connectivity index (χ2n) is 12.3. The summed E-state index contributed by atoms with van der Waals surface area (Å²) in [5.41, 5.74) is 2.21. The third-order valence-corrected chi connectivity index (χ3v) is 10.1. The molecule has 3 saturated carbocycles. The van der Waals surface area contributed by atoms with E-state index in [1.165, 1.54) is 44.9 Å². The second kappa shape index (κ2) is 8.03. The highest BCUT2D eigenvalue weighted by atomic mass is 16.5. The van der Waals surface area contributed by atoms with Gasteiger partial charge in [0.2, 0.25) is 0 Å². The van der Waals surface area contributed by atoms with Gasteiger partial charge in [-0.2, -0.15) is 0 Å². The Morgan fingerprint density at radius 1 is 1.06 bits per heavy atom. The molecule has 0 amide bonds. The molecule has 4 aliphatic carbocycles. The number of fused-ring (bicyclic) bond motifs is 3. The van der Waals surface area contributed by atoms with Gasteiger partial charge < -0.3 is 9.47 Å². The lowest BCUT2D eigenvalue weighted by Crippen LogP contribution is -2.58. The molecule has 0 aromatic heterocycles. The fourth-order valence-electron chi connectivity index (χ4n) is 8.63. The van der Waals surface area contributed by atoms with Crippen molar-refractivity contribution in [2.24, 2.45) is 33.5 Å². The first-order valence-electron chi connectivity index (χ1n) is 12.9. The summed E-state index contributed by atoms with van der Waals surface area (Å²) in [6.07, 6.45) is 18.9. The van der Waals surface area contributed by atoms with Gasteiger partial charge >= 0.3 is 5.97 Å². The Hall–Kier alpha value is -2.03. The largest absolute Gasteiger partial charge is 0.497 e. The van der Waals surface area contributed by atoms with Gasteiger partial charge in [0.25, 0.3) is 0 Å². The van der Waals surface area contributed by atoms with Crippen LogP contribution in [0.15, 0.2) is 42.5 Å². The lowest BCUT2D eigenvalue weighted by Gasteiger charge is -2.64. The minimum absolute atomic E-state index is 0.0666. The molecular weight excluding hydrogens is 408 g/mol. The topological polar surface area (TPSA) is 35.5 Å². The number of rotatable bonds is 5. The van der Waals surface area contributed by atoms with E-state index in [2.05, 4.69) is 32.9 Å². The molecule has 0 radical (unpaired) electrons. The first-order chi connectivity index (χ1) is 15.7. The number of ether oxygens (including phenoxy) is 2. The maximum absolute atomic E-state index is 12.6. The molecule has 0 N–H and O–H groups in total. The van der Waals surface area contributed by atoms with Gasteiger partial charge in [-0.05, 0) is 96.8 Å². The van der Waals surface area contributed by atoms with Crippen molar-refractivity contribution in [3.05, 3.63) is 48.1 Å². The number of allylic oxidation sites excluding steroid dienone is 2. The standard InChI is InChI=1S/C30H40O3/c1-27-15-11-25-29(3)14-6-13-28(2,24(29)12-16-30(25,20-27)18-17-27)21-33-26(31)10-9-22-7-5-8-23(19-22)32-4/h5,7-10,17-19,24-25H,6,11-16,20-21H2,1-4H3/b10-9+/t24-,25+,27-,28-,29-,30+/m1/s1. The molecule has 3 heteroatoms. The van der Waals surface area contributed by atoms with E-state index in [4.69, 9.17) is 9.47 Å². The predicted octanol–water partition coefficient (Wildman–Crippen LogP) is 7.22. The van der Waals surface area contributed by atoms with Crippen molar-refractivity contribution >= 4 is 12.0 Å². The van der Waals surface area contributed by atoms with Crippen LogP contribution in [0.2, 0.25) is 0 Å². The Balaban J connectivity index is 1.28. The van der Waals surface area contributed by atoms with Crippen LogP contribution in [0.4, 0.5) is 0 Å². The van der Waals surface area contributed by atoms with Crippen LogP contribution in [0.5, 0.6) is 5.75 Å². The number of methoxy groups -OCH3 is 1. The molecule has 2 bridgehead atoms. The summed E-state index contributed by atoms with van der Waals surface area (Å²) in [6.45, 7) is 7.97. The summed E-state index contributed by atoms with van der Waals surface area (Å²) in [6, 6.07) is 7.71. The van der Waals surface area contributed by atoms with E-state index in [1.54, 1.807) is 13.2 Å². The monoisotopic (exact) mass is 448 g/mol. The van der Waals surface area contributed by atoms with Crippen LogP contribution >= 0.6 is 0 Å². The lowest BCUT2D eigenvalue weighted by molar-refractivity contribution is -0.168. The molecular formula is C30H40O3. The van der Waals surface area contributed by atoms with Crippen LogP contribution in [0, 0.1) is 33.5 Å². The normalized spacial score (nSPS) is 41.5. The highest BCUT2D eigenvalue weighted by Gasteiger charge is 2.63. The minimum atomic E-state index is -0.245. The van der Waals surface area contributed by atoms with Crippen LogP contribution in [0.1, 0.15) is 77.7 Å². The molecule has 3 fully saturated rings. The fourth-order valence-corrected chi connectivity index (χ4v) is 8.63. The van der Waals surface area contributed by atoms with Crippen LogP contribution in [-0.2, 0) is 9.53 Å². The Morgan fingerprint density at radius 2 is 1.88 bits per heavy atom. The van der Waals surface area contributed by atoms with Gasteiger partial charge in [0, 0.05) is 11.5 Å². The number of carbonyl (C=O) groups is 1. The van der Waals surface area contributed by atoms with Crippen molar-refractivity contribution < 1.29 is 14.3 Å². The first-order valence-corrected chi connectivity index (χ1v) is 12.9. The quantitative estimate of drug-likeness (QED) is 0.271. The van der Waals surface area contributed by atoms with E-state index in [0.29, 0.717) is 28.8 Å². The Bertz CT molecular complexity index is 979. The molecule has 0 aliphatic heterocycles. The summed E-state index contributed by atoms with van der Waals surface area (Å²) < 4.78 is 11.2. The van der Waals surface area contributed by atoms with Gasteiger partial charge in [0.05, 0.1) is 13.7 Å². The molecule has 0 saturated heterocycles. The van der Waals surface area contributed by atoms with Gasteiger partial charge in [0.15, 0.2) is 0 Å². The molecule has 6 atom stereocenters. The summed E-state index contributed by atoms with van der Waals surface area (Å²) in [5, 5.41) is 0. The van der Waals surface area contributed by atoms with Gasteiger partial charge in [-0.25, -0.2) is 4.79 Å². The highest BCUT2D eigenvalue weighted by Crippen LogP contribution is 2.71. The van der Waals surface area contributed by atoms with E-state index >= 15 is 0 Å². The Labute approximate surface area is 199 Å². The number of hydrogen-bond acceptors (Lipinski definition) is 3. The summed E-state index contributed by atoms with van der Waals surface area (Å²) in [5.74, 6) is 1.95. The van der Waals surface area contributed by atoms with Gasteiger partial charge in [-0.3, -0.25) is 0 Å². The zero-order valence-electron chi connectivity index (χ0n) is 20.9. The number of carbonyl (C=O) groups excluding carboxylic acids is 1. The first kappa shape index (κ1) is 22.7. The lowest BCUT2D eigenvalue weighted by atomic mass is 9.40. The summed E-state index contributed by atoms with van der Waals surface area (Å²) in [4.78, 5) is 12.6. The number of hydrogen-bond donors (Lipinski definition) is 0. The molecule has 33 heavy (non-hydrogen) atoms. The van der Waals surface area contributed by atoms with E-state index in [9.17, 15) is 4.79 Å². The van der Waals surface area contributed by atoms with Crippen LogP contribution in [-0.4, -0.2) is 19.7 Å². The third kappa shape index (κ3) is 3.86. The van der Waals surface area contributed by atoms with Crippen molar-refractivity contribution in [2.75, 3.05) is 13.7 Å². The van der Waals surface area contributed by atoms with E-state index < -0.39 is 0 Å². The third-order valence-electron chi connectivity index (χ3n) is 10.1. The zero-order chi connectivity index (χ0) is 23.3. The van der Waals surface area contributed by atoms with Crippen LogP contribution in [0.25, 0.3) is 6.08 Å². The average molecular weight is 449 g/mol. The van der Waals surface area contributed by atoms with Crippen LogP contribution in [0.3, 0.4) is 0 Å². The molecule has 5 rings (SSSR count). The van der Waals surface area contributed by atoms with E-state index in [0.717, 1.165) is 23.7 Å². The van der Waals surface area contributed by atoms with E-state index in [1.807, 2.05) is 30.3 Å².